The topological polar surface area (TPSA) is 39.1 Å². The smallest absolute Gasteiger partial charge is 0.121 e. The average molecular weight is 257 g/mol. The molecule has 102 valence electrons. The van der Waals surface area contributed by atoms with E-state index in [0.29, 0.717) is 6.04 Å². The molecule has 0 saturated carbocycles. The van der Waals surface area contributed by atoms with Crippen molar-refractivity contribution in [2.24, 2.45) is 0 Å². The van der Waals surface area contributed by atoms with Crippen molar-refractivity contribution in [2.75, 3.05) is 18.5 Å². The Labute approximate surface area is 116 Å². The normalized spacial score (nSPS) is 17.5. The first-order valence-corrected chi connectivity index (χ1v) is 7.15. The SMILES string of the molecule is CCC(C)NC(C#N)c1ccc2c(c1)CCCN2C. The van der Waals surface area contributed by atoms with Crippen LogP contribution in [-0.2, 0) is 6.42 Å². The summed E-state index contributed by atoms with van der Waals surface area (Å²) in [5.74, 6) is 0. The first kappa shape index (κ1) is 13.9. The lowest BCUT2D eigenvalue weighted by molar-refractivity contribution is 0.501. The minimum absolute atomic E-state index is 0.201. The van der Waals surface area contributed by atoms with Gasteiger partial charge in [0.05, 0.1) is 6.07 Å². The van der Waals surface area contributed by atoms with Crippen LogP contribution in [0.15, 0.2) is 18.2 Å². The fraction of sp³-hybridized carbons (Fsp3) is 0.562. The summed E-state index contributed by atoms with van der Waals surface area (Å²) in [4.78, 5) is 2.30. The number of fused-ring (bicyclic) bond motifs is 1. The molecule has 0 amide bonds. The monoisotopic (exact) mass is 257 g/mol. The number of anilines is 1. The number of hydrogen-bond acceptors (Lipinski definition) is 3. The molecule has 1 aromatic rings. The number of nitriles is 1. The van der Waals surface area contributed by atoms with Gasteiger partial charge in [-0.05, 0) is 43.4 Å². The Bertz CT molecular complexity index is 475. The van der Waals surface area contributed by atoms with Gasteiger partial charge in [-0.25, -0.2) is 0 Å². The summed E-state index contributed by atoms with van der Waals surface area (Å²) < 4.78 is 0. The Morgan fingerprint density at radius 1 is 1.47 bits per heavy atom. The van der Waals surface area contributed by atoms with Gasteiger partial charge in [-0.15, -0.1) is 0 Å². The molecule has 0 aromatic heterocycles. The number of nitrogens with zero attached hydrogens (tertiary/aromatic N) is 2. The molecule has 0 bridgehead atoms. The van der Waals surface area contributed by atoms with Gasteiger partial charge >= 0.3 is 0 Å². The van der Waals surface area contributed by atoms with Crippen molar-refractivity contribution >= 4 is 5.69 Å². The Hall–Kier alpha value is -1.53. The standard InChI is InChI=1S/C16H23N3/c1-4-12(2)18-15(11-17)13-7-8-16-14(10-13)6-5-9-19(16)3/h7-8,10,12,15,18H,4-6,9H2,1-3H3. The zero-order valence-corrected chi connectivity index (χ0v) is 12.1. The maximum absolute atomic E-state index is 9.36. The highest BCUT2D eigenvalue weighted by molar-refractivity contribution is 5.56. The fourth-order valence-corrected chi connectivity index (χ4v) is 2.60. The second-order valence-corrected chi connectivity index (χ2v) is 5.45. The van der Waals surface area contributed by atoms with Crippen molar-refractivity contribution in [1.82, 2.24) is 5.32 Å². The number of hydrogen-bond donors (Lipinski definition) is 1. The van der Waals surface area contributed by atoms with Crippen molar-refractivity contribution in [3.05, 3.63) is 29.3 Å². The van der Waals surface area contributed by atoms with Gasteiger partial charge in [0.1, 0.15) is 6.04 Å². The molecule has 0 fully saturated rings. The van der Waals surface area contributed by atoms with Gasteiger partial charge in [-0.3, -0.25) is 5.32 Å². The lowest BCUT2D eigenvalue weighted by Gasteiger charge is -2.28. The van der Waals surface area contributed by atoms with Gasteiger partial charge < -0.3 is 4.90 Å². The molecule has 19 heavy (non-hydrogen) atoms. The summed E-state index contributed by atoms with van der Waals surface area (Å²) in [5, 5.41) is 12.7. The predicted octanol–water partition coefficient (Wildman–Crippen LogP) is 3.02. The van der Waals surface area contributed by atoms with Gasteiger partial charge in [0, 0.05) is 25.3 Å². The lowest BCUT2D eigenvalue weighted by Crippen LogP contribution is -2.29. The third-order valence-corrected chi connectivity index (χ3v) is 3.98. The van der Waals surface area contributed by atoms with Crippen molar-refractivity contribution < 1.29 is 0 Å². The molecule has 0 aliphatic carbocycles. The third kappa shape index (κ3) is 3.08. The van der Waals surface area contributed by atoms with Crippen LogP contribution < -0.4 is 10.2 Å². The maximum atomic E-state index is 9.36. The number of rotatable bonds is 4. The summed E-state index contributed by atoms with van der Waals surface area (Å²) in [6, 6.07) is 8.99. The van der Waals surface area contributed by atoms with E-state index in [9.17, 15) is 5.26 Å². The van der Waals surface area contributed by atoms with Gasteiger partial charge in [0.15, 0.2) is 0 Å². The highest BCUT2D eigenvalue weighted by Gasteiger charge is 2.18. The first-order chi connectivity index (χ1) is 9.15. The molecule has 1 heterocycles. The summed E-state index contributed by atoms with van der Waals surface area (Å²) in [6.07, 6.45) is 3.35. The number of nitrogens with one attached hydrogen (secondary N) is 1. The van der Waals surface area contributed by atoms with E-state index in [1.54, 1.807) is 0 Å². The molecule has 3 heteroatoms. The first-order valence-electron chi connectivity index (χ1n) is 7.15. The molecule has 1 aromatic carbocycles. The molecule has 0 saturated heterocycles. The predicted molar refractivity (Wildman–Crippen MR) is 79.3 cm³/mol. The minimum Gasteiger partial charge on any atom is -0.374 e. The largest absolute Gasteiger partial charge is 0.374 e. The van der Waals surface area contributed by atoms with E-state index in [0.717, 1.165) is 24.9 Å². The molecular formula is C16H23N3. The van der Waals surface area contributed by atoms with E-state index in [-0.39, 0.29) is 6.04 Å². The Balaban J connectivity index is 2.23. The summed E-state index contributed by atoms with van der Waals surface area (Å²) in [6.45, 7) is 5.38. The molecule has 1 aliphatic rings. The van der Waals surface area contributed by atoms with Gasteiger partial charge in [0.2, 0.25) is 0 Å². The molecule has 2 rings (SSSR count). The molecule has 3 nitrogen and oxygen atoms in total. The van der Waals surface area contributed by atoms with Gasteiger partial charge in [-0.1, -0.05) is 19.1 Å². The highest BCUT2D eigenvalue weighted by Crippen LogP contribution is 2.28. The maximum Gasteiger partial charge on any atom is 0.121 e. The molecule has 0 spiro atoms. The van der Waals surface area contributed by atoms with Crippen molar-refractivity contribution in [1.29, 1.82) is 5.26 Å². The van der Waals surface area contributed by atoms with E-state index in [2.05, 4.69) is 55.4 Å². The van der Waals surface area contributed by atoms with Crippen LogP contribution in [0, 0.1) is 11.3 Å². The summed E-state index contributed by atoms with van der Waals surface area (Å²) in [5.41, 5.74) is 3.78. The van der Waals surface area contributed by atoms with Crippen molar-refractivity contribution in [2.45, 2.75) is 45.2 Å². The van der Waals surface area contributed by atoms with Crippen LogP contribution in [0.25, 0.3) is 0 Å². The second-order valence-electron chi connectivity index (χ2n) is 5.45. The van der Waals surface area contributed by atoms with Crippen LogP contribution in [0.4, 0.5) is 5.69 Å². The van der Waals surface area contributed by atoms with Crippen LogP contribution in [0.3, 0.4) is 0 Å². The molecule has 1 aliphatic heterocycles. The van der Waals surface area contributed by atoms with Crippen LogP contribution in [0.5, 0.6) is 0 Å². The van der Waals surface area contributed by atoms with E-state index in [4.69, 9.17) is 0 Å². The third-order valence-electron chi connectivity index (χ3n) is 3.98. The fourth-order valence-electron chi connectivity index (χ4n) is 2.60. The number of benzene rings is 1. The Morgan fingerprint density at radius 2 is 2.26 bits per heavy atom. The molecule has 2 atom stereocenters. The molecular weight excluding hydrogens is 234 g/mol. The minimum atomic E-state index is -0.201. The zero-order valence-electron chi connectivity index (χ0n) is 12.1. The lowest BCUT2D eigenvalue weighted by atomic mass is 9.96. The quantitative estimate of drug-likeness (QED) is 0.901. The summed E-state index contributed by atoms with van der Waals surface area (Å²) in [7, 11) is 2.14. The van der Waals surface area contributed by atoms with E-state index in [1.165, 1.54) is 17.7 Å². The van der Waals surface area contributed by atoms with Crippen LogP contribution in [0.2, 0.25) is 0 Å². The van der Waals surface area contributed by atoms with Gasteiger partial charge in [-0.2, -0.15) is 5.26 Å². The van der Waals surface area contributed by atoms with E-state index in [1.807, 2.05) is 0 Å². The average Bonchev–Trinajstić information content (AvgIpc) is 2.44. The molecule has 1 N–H and O–H groups in total. The highest BCUT2D eigenvalue weighted by atomic mass is 15.1. The van der Waals surface area contributed by atoms with Crippen LogP contribution >= 0.6 is 0 Å². The van der Waals surface area contributed by atoms with Crippen LogP contribution in [0.1, 0.15) is 43.9 Å². The van der Waals surface area contributed by atoms with Crippen LogP contribution in [-0.4, -0.2) is 19.6 Å². The molecule has 0 radical (unpaired) electrons. The second kappa shape index (κ2) is 6.08. The Morgan fingerprint density at radius 3 is 2.95 bits per heavy atom. The number of aryl methyl sites for hydroxylation is 1. The van der Waals surface area contributed by atoms with Gasteiger partial charge in [0.25, 0.3) is 0 Å². The van der Waals surface area contributed by atoms with E-state index >= 15 is 0 Å². The Kier molecular flexibility index (Phi) is 4.44. The van der Waals surface area contributed by atoms with Crippen molar-refractivity contribution in [3.8, 4) is 6.07 Å². The van der Waals surface area contributed by atoms with E-state index < -0.39 is 0 Å². The summed E-state index contributed by atoms with van der Waals surface area (Å²) >= 11 is 0. The molecule has 2 unspecified atom stereocenters. The zero-order chi connectivity index (χ0) is 13.8. The van der Waals surface area contributed by atoms with Crippen molar-refractivity contribution in [3.63, 3.8) is 0 Å².